The maximum Gasteiger partial charge on any atom is 0.133 e. The molecule has 1 saturated carbocycles. The molecule has 0 radical (unpaired) electrons. The smallest absolute Gasteiger partial charge is 0.133 e. The van der Waals surface area contributed by atoms with Gasteiger partial charge in [-0.3, -0.25) is 4.79 Å². The lowest BCUT2D eigenvalue weighted by molar-refractivity contribution is -0.120. The summed E-state index contributed by atoms with van der Waals surface area (Å²) >= 11 is 0. The van der Waals surface area contributed by atoms with E-state index >= 15 is 0 Å². The summed E-state index contributed by atoms with van der Waals surface area (Å²) in [5.41, 5.74) is 1.80. The van der Waals surface area contributed by atoms with Crippen LogP contribution in [0.4, 0.5) is 5.69 Å². The number of carbonyl (C=O) groups is 1. The Balaban J connectivity index is 2.06. The lowest BCUT2D eigenvalue weighted by atomic mass is 9.93. The summed E-state index contributed by atoms with van der Waals surface area (Å²) in [6.07, 6.45) is 3.28. The third-order valence-corrected chi connectivity index (χ3v) is 3.46. The van der Waals surface area contributed by atoms with Crippen LogP contribution in [0.5, 0.6) is 0 Å². The van der Waals surface area contributed by atoms with Crippen molar-refractivity contribution < 1.29 is 4.79 Å². The monoisotopic (exact) mass is 228 g/mol. The van der Waals surface area contributed by atoms with Crippen LogP contribution < -0.4 is 4.90 Å². The summed E-state index contributed by atoms with van der Waals surface area (Å²) in [5, 5.41) is 8.74. The zero-order valence-electron chi connectivity index (χ0n) is 10.0. The fraction of sp³-hybridized carbons (Fsp3) is 0.429. The van der Waals surface area contributed by atoms with E-state index in [4.69, 9.17) is 5.26 Å². The molecule has 88 valence electrons. The molecule has 0 atom stereocenters. The van der Waals surface area contributed by atoms with E-state index in [0.717, 1.165) is 18.5 Å². The van der Waals surface area contributed by atoms with E-state index in [1.54, 1.807) is 0 Å². The second-order valence-corrected chi connectivity index (χ2v) is 4.54. The van der Waals surface area contributed by atoms with E-state index in [9.17, 15) is 4.79 Å². The number of anilines is 1. The summed E-state index contributed by atoms with van der Waals surface area (Å²) in [6, 6.07) is 10.2. The number of ketones is 1. The molecule has 3 nitrogen and oxygen atoms in total. The first-order valence-corrected chi connectivity index (χ1v) is 5.95. The average Bonchev–Trinajstić information content (AvgIpc) is 2.39. The Morgan fingerprint density at radius 3 is 2.35 bits per heavy atom. The quantitative estimate of drug-likeness (QED) is 0.781. The molecule has 1 aliphatic carbocycles. The Hall–Kier alpha value is -1.82. The highest BCUT2D eigenvalue weighted by Gasteiger charge is 2.22. The zero-order chi connectivity index (χ0) is 12.3. The van der Waals surface area contributed by atoms with Gasteiger partial charge in [0.1, 0.15) is 5.78 Å². The van der Waals surface area contributed by atoms with Crippen LogP contribution in [0.1, 0.15) is 31.2 Å². The van der Waals surface area contributed by atoms with E-state index in [1.807, 2.05) is 24.3 Å². The van der Waals surface area contributed by atoms with E-state index in [1.165, 1.54) is 0 Å². The molecule has 17 heavy (non-hydrogen) atoms. The van der Waals surface area contributed by atoms with Gasteiger partial charge in [-0.25, -0.2) is 0 Å². The minimum Gasteiger partial charge on any atom is -0.372 e. The normalized spacial score (nSPS) is 16.6. The van der Waals surface area contributed by atoms with Gasteiger partial charge >= 0.3 is 0 Å². The zero-order valence-corrected chi connectivity index (χ0v) is 10.0. The van der Waals surface area contributed by atoms with Gasteiger partial charge in [-0.15, -0.1) is 0 Å². The minimum absolute atomic E-state index is 0.384. The molecular weight excluding hydrogens is 212 g/mol. The highest BCUT2D eigenvalue weighted by atomic mass is 16.1. The second kappa shape index (κ2) is 5.01. The molecule has 0 saturated heterocycles. The van der Waals surface area contributed by atoms with Crippen LogP contribution >= 0.6 is 0 Å². The van der Waals surface area contributed by atoms with Crippen LogP contribution in [0.15, 0.2) is 24.3 Å². The van der Waals surface area contributed by atoms with Crippen molar-refractivity contribution in [2.75, 3.05) is 11.9 Å². The van der Waals surface area contributed by atoms with Crippen molar-refractivity contribution in [3.05, 3.63) is 29.8 Å². The summed E-state index contributed by atoms with van der Waals surface area (Å²) in [4.78, 5) is 13.4. The Bertz CT molecular complexity index is 434. The van der Waals surface area contributed by atoms with Crippen LogP contribution in [0.25, 0.3) is 0 Å². The van der Waals surface area contributed by atoms with Gasteiger partial charge in [0.15, 0.2) is 0 Å². The SMILES string of the molecule is CN(c1ccc(C#N)cc1)C1CCC(=O)CC1. The standard InChI is InChI=1S/C14H16N2O/c1-16(13-6-8-14(17)9-7-13)12-4-2-11(10-15)3-5-12/h2-5,13H,6-9H2,1H3. The van der Waals surface area contributed by atoms with Crippen molar-refractivity contribution in [1.29, 1.82) is 5.26 Å². The van der Waals surface area contributed by atoms with Gasteiger partial charge < -0.3 is 4.90 Å². The summed E-state index contributed by atoms with van der Waals surface area (Å²) in [6.45, 7) is 0. The fourth-order valence-corrected chi connectivity index (χ4v) is 2.29. The van der Waals surface area contributed by atoms with Gasteiger partial charge in [-0.05, 0) is 37.1 Å². The van der Waals surface area contributed by atoms with Crippen molar-refractivity contribution >= 4 is 11.5 Å². The molecule has 2 rings (SSSR count). The van der Waals surface area contributed by atoms with Crippen LogP contribution in [0.3, 0.4) is 0 Å². The molecule has 1 aliphatic rings. The Labute approximate surface area is 102 Å². The van der Waals surface area contributed by atoms with Crippen molar-refractivity contribution in [1.82, 2.24) is 0 Å². The maximum atomic E-state index is 11.2. The van der Waals surface area contributed by atoms with Gasteiger partial charge in [0.2, 0.25) is 0 Å². The number of rotatable bonds is 2. The number of Topliss-reactive ketones (excluding diaryl/α,β-unsaturated/α-hetero) is 1. The van der Waals surface area contributed by atoms with Crippen molar-refractivity contribution in [2.45, 2.75) is 31.7 Å². The number of hydrogen-bond donors (Lipinski definition) is 0. The topological polar surface area (TPSA) is 44.1 Å². The third-order valence-electron chi connectivity index (χ3n) is 3.46. The van der Waals surface area contributed by atoms with Gasteiger partial charge in [0.25, 0.3) is 0 Å². The van der Waals surface area contributed by atoms with Gasteiger partial charge in [-0.1, -0.05) is 0 Å². The molecule has 0 heterocycles. The summed E-state index contributed by atoms with van der Waals surface area (Å²) in [5.74, 6) is 0.384. The first kappa shape index (κ1) is 11.7. The largest absolute Gasteiger partial charge is 0.372 e. The number of benzene rings is 1. The first-order chi connectivity index (χ1) is 8.20. The Morgan fingerprint density at radius 2 is 1.82 bits per heavy atom. The first-order valence-electron chi connectivity index (χ1n) is 5.95. The number of nitrogens with zero attached hydrogens (tertiary/aromatic N) is 2. The van der Waals surface area contributed by atoms with E-state index in [2.05, 4.69) is 18.0 Å². The predicted octanol–water partition coefficient (Wildman–Crippen LogP) is 2.51. The molecule has 0 aromatic heterocycles. The molecule has 0 amide bonds. The molecule has 0 bridgehead atoms. The minimum atomic E-state index is 0.384. The van der Waals surface area contributed by atoms with Crippen molar-refractivity contribution in [2.24, 2.45) is 0 Å². The molecule has 0 aliphatic heterocycles. The number of carbonyl (C=O) groups excluding carboxylic acids is 1. The van der Waals surface area contributed by atoms with Crippen LogP contribution in [0.2, 0.25) is 0 Å². The fourth-order valence-electron chi connectivity index (χ4n) is 2.29. The van der Waals surface area contributed by atoms with Crippen LogP contribution in [-0.2, 0) is 4.79 Å². The van der Waals surface area contributed by atoms with Gasteiger partial charge in [0, 0.05) is 31.6 Å². The Morgan fingerprint density at radius 1 is 1.24 bits per heavy atom. The second-order valence-electron chi connectivity index (χ2n) is 4.54. The lowest BCUT2D eigenvalue weighted by Crippen LogP contribution is -2.35. The predicted molar refractivity (Wildman–Crippen MR) is 66.8 cm³/mol. The molecule has 1 fully saturated rings. The highest BCUT2D eigenvalue weighted by molar-refractivity contribution is 5.79. The van der Waals surface area contributed by atoms with Crippen molar-refractivity contribution in [3.63, 3.8) is 0 Å². The third kappa shape index (κ3) is 2.65. The van der Waals surface area contributed by atoms with Gasteiger partial charge in [-0.2, -0.15) is 5.26 Å². The van der Waals surface area contributed by atoms with E-state index in [-0.39, 0.29) is 0 Å². The van der Waals surface area contributed by atoms with Crippen molar-refractivity contribution in [3.8, 4) is 6.07 Å². The molecular formula is C14H16N2O. The van der Waals surface area contributed by atoms with Crippen LogP contribution in [0, 0.1) is 11.3 Å². The van der Waals surface area contributed by atoms with E-state index in [0.29, 0.717) is 30.2 Å². The summed E-state index contributed by atoms with van der Waals surface area (Å²) in [7, 11) is 2.06. The molecule has 0 N–H and O–H groups in total. The summed E-state index contributed by atoms with van der Waals surface area (Å²) < 4.78 is 0. The molecule has 3 heteroatoms. The molecule has 0 unspecified atom stereocenters. The maximum absolute atomic E-state index is 11.2. The molecule has 1 aromatic rings. The lowest BCUT2D eigenvalue weighted by Gasteiger charge is -2.32. The van der Waals surface area contributed by atoms with Gasteiger partial charge in [0.05, 0.1) is 11.6 Å². The van der Waals surface area contributed by atoms with Crippen LogP contribution in [-0.4, -0.2) is 18.9 Å². The number of nitriles is 1. The molecule has 1 aromatic carbocycles. The number of hydrogen-bond acceptors (Lipinski definition) is 3. The average molecular weight is 228 g/mol. The molecule has 0 spiro atoms. The Kier molecular flexibility index (Phi) is 3.43. The van der Waals surface area contributed by atoms with E-state index < -0.39 is 0 Å². The highest BCUT2D eigenvalue weighted by Crippen LogP contribution is 2.24.